The highest BCUT2D eigenvalue weighted by molar-refractivity contribution is 4.85. The molecule has 13 heavy (non-hydrogen) atoms. The standard InChI is InChI=1S/C8H17N5/c1-3-13-6-11-12-8(13)5-10-7(2)4-9/h6-7,10H,3-5,9H2,1-2H3. The van der Waals surface area contributed by atoms with Crippen LogP contribution in [0.1, 0.15) is 19.7 Å². The number of aromatic nitrogens is 3. The van der Waals surface area contributed by atoms with E-state index in [4.69, 9.17) is 5.73 Å². The minimum absolute atomic E-state index is 0.321. The van der Waals surface area contributed by atoms with Crippen LogP contribution in [0.2, 0.25) is 0 Å². The molecule has 0 bridgehead atoms. The fourth-order valence-corrected chi connectivity index (χ4v) is 1.03. The smallest absolute Gasteiger partial charge is 0.146 e. The molecule has 0 saturated heterocycles. The maximum Gasteiger partial charge on any atom is 0.146 e. The lowest BCUT2D eigenvalue weighted by atomic mass is 10.3. The third-order valence-corrected chi connectivity index (χ3v) is 2.00. The first kappa shape index (κ1) is 10.1. The van der Waals surface area contributed by atoms with Gasteiger partial charge in [0.1, 0.15) is 12.2 Å². The highest BCUT2D eigenvalue weighted by atomic mass is 15.3. The third kappa shape index (κ3) is 2.78. The highest BCUT2D eigenvalue weighted by Gasteiger charge is 2.03. The molecule has 0 aliphatic rings. The number of nitrogens with two attached hydrogens (primary N) is 1. The number of rotatable bonds is 5. The van der Waals surface area contributed by atoms with Crippen LogP contribution >= 0.6 is 0 Å². The second-order valence-electron chi connectivity index (χ2n) is 3.05. The molecule has 1 rings (SSSR count). The molecule has 0 radical (unpaired) electrons. The zero-order valence-electron chi connectivity index (χ0n) is 8.20. The van der Waals surface area contributed by atoms with Crippen LogP contribution in [0.3, 0.4) is 0 Å². The van der Waals surface area contributed by atoms with Crippen molar-refractivity contribution >= 4 is 0 Å². The summed E-state index contributed by atoms with van der Waals surface area (Å²) < 4.78 is 2.01. The molecule has 1 unspecified atom stereocenters. The van der Waals surface area contributed by atoms with Gasteiger partial charge in [-0.05, 0) is 13.8 Å². The van der Waals surface area contributed by atoms with E-state index in [-0.39, 0.29) is 0 Å². The van der Waals surface area contributed by atoms with E-state index >= 15 is 0 Å². The van der Waals surface area contributed by atoms with Crippen molar-refractivity contribution in [3.63, 3.8) is 0 Å². The summed E-state index contributed by atoms with van der Waals surface area (Å²) in [5.74, 6) is 0.961. The maximum absolute atomic E-state index is 5.48. The summed E-state index contributed by atoms with van der Waals surface area (Å²) in [6.07, 6.45) is 1.74. The first-order valence-corrected chi connectivity index (χ1v) is 4.58. The van der Waals surface area contributed by atoms with Crippen LogP contribution in [-0.2, 0) is 13.1 Å². The summed E-state index contributed by atoms with van der Waals surface area (Å²) in [5, 5.41) is 11.1. The first-order valence-electron chi connectivity index (χ1n) is 4.58. The summed E-state index contributed by atoms with van der Waals surface area (Å²) in [6.45, 7) is 6.39. The predicted octanol–water partition coefficient (Wildman–Crippen LogP) is -0.265. The zero-order valence-corrected chi connectivity index (χ0v) is 8.20. The number of hydrogen-bond acceptors (Lipinski definition) is 4. The monoisotopic (exact) mass is 183 g/mol. The topological polar surface area (TPSA) is 68.8 Å². The van der Waals surface area contributed by atoms with E-state index in [0.29, 0.717) is 12.6 Å². The van der Waals surface area contributed by atoms with Crippen LogP contribution in [-0.4, -0.2) is 27.4 Å². The van der Waals surface area contributed by atoms with Crippen LogP contribution < -0.4 is 11.1 Å². The molecule has 0 amide bonds. The summed E-state index contributed by atoms with van der Waals surface area (Å²) >= 11 is 0. The van der Waals surface area contributed by atoms with E-state index in [9.17, 15) is 0 Å². The van der Waals surface area contributed by atoms with Crippen LogP contribution in [0.4, 0.5) is 0 Å². The molecule has 5 heteroatoms. The molecule has 0 spiro atoms. The van der Waals surface area contributed by atoms with Crippen LogP contribution in [0.25, 0.3) is 0 Å². The molecular formula is C8H17N5. The molecule has 3 N–H and O–H groups in total. The lowest BCUT2D eigenvalue weighted by molar-refractivity contribution is 0.527. The van der Waals surface area contributed by atoms with E-state index in [1.165, 1.54) is 0 Å². The van der Waals surface area contributed by atoms with Gasteiger partial charge >= 0.3 is 0 Å². The predicted molar refractivity (Wildman–Crippen MR) is 51.1 cm³/mol. The Balaban J connectivity index is 2.44. The van der Waals surface area contributed by atoms with Gasteiger partial charge < -0.3 is 15.6 Å². The Morgan fingerprint density at radius 3 is 3.08 bits per heavy atom. The third-order valence-electron chi connectivity index (χ3n) is 2.00. The van der Waals surface area contributed by atoms with E-state index < -0.39 is 0 Å². The molecule has 0 aliphatic carbocycles. The Morgan fingerprint density at radius 2 is 2.46 bits per heavy atom. The number of nitrogens with one attached hydrogen (secondary N) is 1. The van der Waals surface area contributed by atoms with Crippen molar-refractivity contribution < 1.29 is 0 Å². The van der Waals surface area contributed by atoms with Gasteiger partial charge in [0.05, 0.1) is 6.54 Å². The van der Waals surface area contributed by atoms with Gasteiger partial charge in [-0.15, -0.1) is 10.2 Å². The van der Waals surface area contributed by atoms with Crippen LogP contribution in [0.15, 0.2) is 6.33 Å². The Hall–Kier alpha value is -0.940. The van der Waals surface area contributed by atoms with Crippen molar-refractivity contribution in [1.29, 1.82) is 0 Å². The van der Waals surface area contributed by atoms with Gasteiger partial charge in [-0.25, -0.2) is 0 Å². The van der Waals surface area contributed by atoms with Gasteiger partial charge in [0.25, 0.3) is 0 Å². The van der Waals surface area contributed by atoms with Crippen molar-refractivity contribution in [2.24, 2.45) is 5.73 Å². The highest BCUT2D eigenvalue weighted by Crippen LogP contribution is 1.94. The molecule has 5 nitrogen and oxygen atoms in total. The number of hydrogen-bond donors (Lipinski definition) is 2. The summed E-state index contributed by atoms with van der Waals surface area (Å²) in [6, 6.07) is 0.321. The molecule has 0 fully saturated rings. The minimum Gasteiger partial charge on any atom is -0.329 e. The summed E-state index contributed by atoms with van der Waals surface area (Å²) in [7, 11) is 0. The van der Waals surface area contributed by atoms with Crippen molar-refractivity contribution in [3.8, 4) is 0 Å². The molecule has 0 saturated carbocycles. The Labute approximate surface area is 78.3 Å². The minimum atomic E-state index is 0.321. The molecule has 0 aromatic carbocycles. The van der Waals surface area contributed by atoms with Gasteiger partial charge in [0, 0.05) is 19.1 Å². The van der Waals surface area contributed by atoms with Gasteiger partial charge in [0.2, 0.25) is 0 Å². The Kier molecular flexibility index (Phi) is 3.85. The SMILES string of the molecule is CCn1cnnc1CNC(C)CN. The second-order valence-corrected chi connectivity index (χ2v) is 3.05. The number of nitrogens with zero attached hydrogens (tertiary/aromatic N) is 3. The van der Waals surface area contributed by atoms with Gasteiger partial charge in [-0.2, -0.15) is 0 Å². The fourth-order valence-electron chi connectivity index (χ4n) is 1.03. The molecule has 1 atom stereocenters. The van der Waals surface area contributed by atoms with Crippen LogP contribution in [0, 0.1) is 0 Å². The van der Waals surface area contributed by atoms with Crippen LogP contribution in [0.5, 0.6) is 0 Å². The van der Waals surface area contributed by atoms with Gasteiger partial charge in [0.15, 0.2) is 0 Å². The van der Waals surface area contributed by atoms with Crippen molar-refractivity contribution in [3.05, 3.63) is 12.2 Å². The summed E-state index contributed by atoms with van der Waals surface area (Å²) in [5.41, 5.74) is 5.48. The van der Waals surface area contributed by atoms with E-state index in [1.807, 2.05) is 11.5 Å². The van der Waals surface area contributed by atoms with E-state index in [1.54, 1.807) is 6.33 Å². The average Bonchev–Trinajstić information content (AvgIpc) is 2.61. The Bertz CT molecular complexity index is 244. The van der Waals surface area contributed by atoms with Gasteiger partial charge in [-0.3, -0.25) is 0 Å². The molecule has 74 valence electrons. The average molecular weight is 183 g/mol. The lowest BCUT2D eigenvalue weighted by Gasteiger charge is -2.10. The number of aryl methyl sites for hydroxylation is 1. The normalized spacial score (nSPS) is 13.2. The molecular weight excluding hydrogens is 166 g/mol. The van der Waals surface area contributed by atoms with Gasteiger partial charge in [-0.1, -0.05) is 0 Å². The largest absolute Gasteiger partial charge is 0.329 e. The zero-order chi connectivity index (χ0) is 9.68. The van der Waals surface area contributed by atoms with Crippen molar-refractivity contribution in [2.75, 3.05) is 6.54 Å². The van der Waals surface area contributed by atoms with E-state index in [2.05, 4.69) is 22.4 Å². The van der Waals surface area contributed by atoms with Crippen molar-refractivity contribution in [1.82, 2.24) is 20.1 Å². The second kappa shape index (κ2) is 4.94. The summed E-state index contributed by atoms with van der Waals surface area (Å²) in [4.78, 5) is 0. The maximum atomic E-state index is 5.48. The lowest BCUT2D eigenvalue weighted by Crippen LogP contribution is -2.33. The first-order chi connectivity index (χ1) is 6.27. The molecule has 0 aliphatic heterocycles. The van der Waals surface area contributed by atoms with Crippen molar-refractivity contribution in [2.45, 2.75) is 33.0 Å². The Morgan fingerprint density at radius 1 is 1.69 bits per heavy atom. The molecule has 1 aromatic heterocycles. The fraction of sp³-hybridized carbons (Fsp3) is 0.750. The molecule has 1 aromatic rings. The van der Waals surface area contributed by atoms with E-state index in [0.717, 1.165) is 18.9 Å². The molecule has 1 heterocycles. The quantitative estimate of drug-likeness (QED) is 0.659.